The van der Waals surface area contributed by atoms with E-state index in [4.69, 9.17) is 0 Å². The van der Waals surface area contributed by atoms with Crippen LogP contribution in [0.4, 0.5) is 0 Å². The van der Waals surface area contributed by atoms with E-state index in [0.717, 1.165) is 50.7 Å². The predicted octanol–water partition coefficient (Wildman–Crippen LogP) is 2.08. The summed E-state index contributed by atoms with van der Waals surface area (Å²) in [6.45, 7) is 5.48. The Balaban J connectivity index is 0.00000264. The van der Waals surface area contributed by atoms with Crippen LogP contribution < -0.4 is 10.6 Å². The van der Waals surface area contributed by atoms with Crippen LogP contribution in [0.5, 0.6) is 0 Å². The highest BCUT2D eigenvalue weighted by atomic mass is 127. The highest BCUT2D eigenvalue weighted by Gasteiger charge is 1.98. The van der Waals surface area contributed by atoms with Crippen LogP contribution in [0.1, 0.15) is 19.0 Å². The minimum Gasteiger partial charge on any atom is -0.357 e. The van der Waals surface area contributed by atoms with E-state index in [1.165, 1.54) is 0 Å². The zero-order valence-electron chi connectivity index (χ0n) is 13.5. The SMILES string of the molecule is CCNC(=NCCCn1ccnc1)NCCc1ccccn1.I. The van der Waals surface area contributed by atoms with Gasteiger partial charge in [0.2, 0.25) is 0 Å². The molecule has 23 heavy (non-hydrogen) atoms. The molecule has 2 N–H and O–H groups in total. The zero-order chi connectivity index (χ0) is 15.5. The van der Waals surface area contributed by atoms with Gasteiger partial charge in [0, 0.05) is 56.9 Å². The number of hydrogen-bond donors (Lipinski definition) is 2. The lowest BCUT2D eigenvalue weighted by Gasteiger charge is -2.11. The standard InChI is InChI=1S/C16H24N6.HI/c1-2-18-16(20-9-5-12-22-13-11-17-14-22)21-10-7-15-6-3-4-8-19-15;/h3-4,6,8,11,13-14H,2,5,7,9-10,12H2,1H3,(H2,18,20,21);1H. The van der Waals surface area contributed by atoms with Gasteiger partial charge in [-0.05, 0) is 25.5 Å². The first-order valence-corrected chi connectivity index (χ1v) is 7.76. The van der Waals surface area contributed by atoms with Crippen LogP contribution in [0.3, 0.4) is 0 Å². The lowest BCUT2D eigenvalue weighted by atomic mass is 10.3. The van der Waals surface area contributed by atoms with Crippen LogP contribution in [0.25, 0.3) is 0 Å². The van der Waals surface area contributed by atoms with Crippen molar-refractivity contribution in [3.8, 4) is 0 Å². The number of rotatable bonds is 8. The van der Waals surface area contributed by atoms with Crippen LogP contribution in [0, 0.1) is 0 Å². The number of imidazole rings is 1. The number of pyridine rings is 1. The molecule has 0 aliphatic heterocycles. The van der Waals surface area contributed by atoms with E-state index in [-0.39, 0.29) is 24.0 Å². The number of nitrogens with one attached hydrogen (secondary N) is 2. The molecule has 0 fully saturated rings. The summed E-state index contributed by atoms with van der Waals surface area (Å²) < 4.78 is 2.07. The molecule has 126 valence electrons. The third-order valence-corrected chi connectivity index (χ3v) is 3.15. The Hall–Kier alpha value is -1.64. The van der Waals surface area contributed by atoms with Gasteiger partial charge in [-0.25, -0.2) is 4.98 Å². The van der Waals surface area contributed by atoms with Crippen LogP contribution in [0.15, 0.2) is 48.1 Å². The second-order valence-corrected chi connectivity index (χ2v) is 4.91. The first kappa shape index (κ1) is 19.4. The molecule has 0 aliphatic carbocycles. The summed E-state index contributed by atoms with van der Waals surface area (Å²) in [6.07, 6.45) is 9.31. The van der Waals surface area contributed by atoms with Gasteiger partial charge in [0.15, 0.2) is 5.96 Å². The second kappa shape index (κ2) is 11.9. The van der Waals surface area contributed by atoms with Crippen molar-refractivity contribution in [1.82, 2.24) is 25.2 Å². The van der Waals surface area contributed by atoms with Crippen molar-refractivity contribution in [2.24, 2.45) is 4.99 Å². The Morgan fingerprint density at radius 2 is 2.17 bits per heavy atom. The van der Waals surface area contributed by atoms with Crippen molar-refractivity contribution in [2.45, 2.75) is 26.3 Å². The minimum atomic E-state index is 0. The molecule has 0 amide bonds. The van der Waals surface area contributed by atoms with Crippen LogP contribution in [-0.4, -0.2) is 40.1 Å². The third-order valence-electron chi connectivity index (χ3n) is 3.15. The third kappa shape index (κ3) is 7.96. The molecular formula is C16H25IN6. The largest absolute Gasteiger partial charge is 0.357 e. The number of aromatic nitrogens is 3. The van der Waals surface area contributed by atoms with Crippen molar-refractivity contribution in [3.05, 3.63) is 48.8 Å². The van der Waals surface area contributed by atoms with Crippen molar-refractivity contribution in [2.75, 3.05) is 19.6 Å². The van der Waals surface area contributed by atoms with Crippen molar-refractivity contribution < 1.29 is 0 Å². The van der Waals surface area contributed by atoms with Crippen molar-refractivity contribution >= 4 is 29.9 Å². The van der Waals surface area contributed by atoms with Gasteiger partial charge in [-0.15, -0.1) is 24.0 Å². The van der Waals surface area contributed by atoms with E-state index in [1.54, 1.807) is 6.20 Å². The quantitative estimate of drug-likeness (QED) is 0.293. The number of aryl methyl sites for hydroxylation is 1. The Kier molecular flexibility index (Phi) is 10.0. The monoisotopic (exact) mass is 428 g/mol. The fraction of sp³-hybridized carbons (Fsp3) is 0.438. The second-order valence-electron chi connectivity index (χ2n) is 4.91. The maximum absolute atomic E-state index is 4.58. The van der Waals surface area contributed by atoms with Gasteiger partial charge in [-0.1, -0.05) is 6.07 Å². The molecule has 0 saturated carbocycles. The Labute approximate surface area is 154 Å². The first-order valence-electron chi connectivity index (χ1n) is 7.76. The molecule has 6 nitrogen and oxygen atoms in total. The number of nitrogens with zero attached hydrogens (tertiary/aromatic N) is 4. The maximum atomic E-state index is 4.58. The number of guanidine groups is 1. The number of halogens is 1. The van der Waals surface area contributed by atoms with Gasteiger partial charge in [-0.2, -0.15) is 0 Å². The summed E-state index contributed by atoms with van der Waals surface area (Å²) in [5.41, 5.74) is 1.09. The maximum Gasteiger partial charge on any atom is 0.191 e. The molecule has 2 aromatic heterocycles. The molecule has 2 heterocycles. The molecule has 2 aromatic rings. The normalized spacial score (nSPS) is 10.9. The Morgan fingerprint density at radius 1 is 1.26 bits per heavy atom. The topological polar surface area (TPSA) is 67.1 Å². The summed E-state index contributed by atoms with van der Waals surface area (Å²) in [7, 11) is 0. The summed E-state index contributed by atoms with van der Waals surface area (Å²) >= 11 is 0. The average Bonchev–Trinajstić information content (AvgIpc) is 3.06. The molecule has 2 rings (SSSR count). The van der Waals surface area contributed by atoms with E-state index in [9.17, 15) is 0 Å². The van der Waals surface area contributed by atoms with Crippen molar-refractivity contribution in [3.63, 3.8) is 0 Å². The molecule has 0 bridgehead atoms. The Morgan fingerprint density at radius 3 is 2.87 bits per heavy atom. The smallest absolute Gasteiger partial charge is 0.191 e. The highest BCUT2D eigenvalue weighted by molar-refractivity contribution is 14.0. The molecule has 0 radical (unpaired) electrons. The fourth-order valence-electron chi connectivity index (χ4n) is 2.06. The summed E-state index contributed by atoms with van der Waals surface area (Å²) in [6, 6.07) is 5.98. The molecular weight excluding hydrogens is 403 g/mol. The van der Waals surface area contributed by atoms with Gasteiger partial charge in [0.1, 0.15) is 0 Å². The van der Waals surface area contributed by atoms with Crippen LogP contribution in [0.2, 0.25) is 0 Å². The Bertz CT molecular complexity index is 541. The zero-order valence-corrected chi connectivity index (χ0v) is 15.8. The van der Waals surface area contributed by atoms with Gasteiger partial charge in [0.05, 0.1) is 6.33 Å². The van der Waals surface area contributed by atoms with Gasteiger partial charge < -0.3 is 15.2 Å². The van der Waals surface area contributed by atoms with Gasteiger partial charge in [0.25, 0.3) is 0 Å². The molecule has 0 saturated heterocycles. The van der Waals surface area contributed by atoms with E-state index in [0.29, 0.717) is 0 Å². The lowest BCUT2D eigenvalue weighted by molar-refractivity contribution is 0.647. The van der Waals surface area contributed by atoms with Crippen molar-refractivity contribution in [1.29, 1.82) is 0 Å². The predicted molar refractivity (Wildman–Crippen MR) is 104 cm³/mol. The lowest BCUT2D eigenvalue weighted by Crippen LogP contribution is -2.38. The van der Waals surface area contributed by atoms with E-state index >= 15 is 0 Å². The molecule has 0 aliphatic rings. The summed E-state index contributed by atoms with van der Waals surface area (Å²) in [5.74, 6) is 0.865. The minimum absolute atomic E-state index is 0. The molecule has 0 aromatic carbocycles. The number of aliphatic imine (C=N–C) groups is 1. The summed E-state index contributed by atoms with van der Waals surface area (Å²) in [4.78, 5) is 12.9. The van der Waals surface area contributed by atoms with E-state index < -0.39 is 0 Å². The van der Waals surface area contributed by atoms with Gasteiger partial charge in [-0.3, -0.25) is 9.98 Å². The van der Waals surface area contributed by atoms with Crippen LogP contribution >= 0.6 is 24.0 Å². The first-order chi connectivity index (χ1) is 10.9. The molecule has 0 spiro atoms. The van der Waals surface area contributed by atoms with E-state index in [1.807, 2.05) is 36.9 Å². The summed E-state index contributed by atoms with van der Waals surface area (Å²) in [5, 5.41) is 6.60. The van der Waals surface area contributed by atoms with E-state index in [2.05, 4.69) is 37.1 Å². The molecule has 7 heteroatoms. The molecule has 0 unspecified atom stereocenters. The fourth-order valence-corrected chi connectivity index (χ4v) is 2.06. The van der Waals surface area contributed by atoms with Gasteiger partial charge >= 0.3 is 0 Å². The highest BCUT2D eigenvalue weighted by Crippen LogP contribution is 1.94. The van der Waals surface area contributed by atoms with Crippen LogP contribution in [-0.2, 0) is 13.0 Å². The average molecular weight is 428 g/mol. The molecule has 0 atom stereocenters. The number of hydrogen-bond acceptors (Lipinski definition) is 3.